The van der Waals surface area contributed by atoms with Gasteiger partial charge in [0.05, 0.1) is 11.5 Å². The van der Waals surface area contributed by atoms with Crippen molar-refractivity contribution in [1.82, 2.24) is 5.32 Å². The maximum atomic E-state index is 11.1. The summed E-state index contributed by atoms with van der Waals surface area (Å²) in [5, 5.41) is 3.33. The molecule has 0 saturated carbocycles. The fourth-order valence-electron chi connectivity index (χ4n) is 1.83. The van der Waals surface area contributed by atoms with Crippen molar-refractivity contribution in [3.8, 4) is 0 Å². The fourth-order valence-corrected chi connectivity index (χ4v) is 3.44. The highest BCUT2D eigenvalue weighted by atomic mass is 35.5. The molecule has 0 bridgehead atoms. The van der Waals surface area contributed by atoms with E-state index in [0.717, 1.165) is 19.4 Å². The minimum atomic E-state index is -2.67. The first-order valence-electron chi connectivity index (χ1n) is 4.07. The Morgan fingerprint density at radius 3 is 1.92 bits per heavy atom. The Bertz CT molecular complexity index is 243. The summed E-state index contributed by atoms with van der Waals surface area (Å²) < 4.78 is 22.1. The van der Waals surface area contributed by atoms with E-state index in [9.17, 15) is 8.42 Å². The van der Waals surface area contributed by atoms with Gasteiger partial charge in [0.2, 0.25) is 0 Å². The molecule has 2 aliphatic heterocycles. The Kier molecular flexibility index (Phi) is 2.71. The Labute approximate surface area is 79.2 Å². The third-order valence-electron chi connectivity index (χ3n) is 2.89. The van der Waals surface area contributed by atoms with Crippen LogP contribution in [0.2, 0.25) is 0 Å². The van der Waals surface area contributed by atoms with Crippen molar-refractivity contribution in [2.45, 2.75) is 24.8 Å². The second-order valence-corrected chi connectivity index (χ2v) is 5.91. The molecule has 2 fully saturated rings. The summed E-state index contributed by atoms with van der Waals surface area (Å²) in [6.07, 6.45) is 2.83. The SMILES string of the molecule is Cl.O=S1(=O)CCC2(CCN2)CC1. The topological polar surface area (TPSA) is 46.2 Å². The van der Waals surface area contributed by atoms with Crippen LogP contribution in [0.5, 0.6) is 0 Å². The molecule has 0 aromatic rings. The summed E-state index contributed by atoms with van der Waals surface area (Å²) in [4.78, 5) is 0. The molecule has 0 aromatic heterocycles. The van der Waals surface area contributed by atoms with Crippen LogP contribution in [0.25, 0.3) is 0 Å². The summed E-state index contributed by atoms with van der Waals surface area (Å²) in [7, 11) is -2.67. The summed E-state index contributed by atoms with van der Waals surface area (Å²) in [5.74, 6) is 0.778. The molecule has 12 heavy (non-hydrogen) atoms. The highest BCUT2D eigenvalue weighted by molar-refractivity contribution is 7.91. The predicted molar refractivity (Wildman–Crippen MR) is 50.5 cm³/mol. The molecule has 1 N–H and O–H groups in total. The van der Waals surface area contributed by atoms with Crippen LogP contribution in [0, 0.1) is 0 Å². The summed E-state index contributed by atoms with van der Waals surface area (Å²) in [5.41, 5.74) is 0.228. The lowest BCUT2D eigenvalue weighted by atomic mass is 9.82. The summed E-state index contributed by atoms with van der Waals surface area (Å²) in [6, 6.07) is 0. The zero-order chi connectivity index (χ0) is 7.95. The van der Waals surface area contributed by atoms with E-state index in [2.05, 4.69) is 5.32 Å². The van der Waals surface area contributed by atoms with E-state index in [1.54, 1.807) is 0 Å². The zero-order valence-corrected chi connectivity index (χ0v) is 8.51. The first kappa shape index (κ1) is 10.3. The van der Waals surface area contributed by atoms with Gasteiger partial charge in [-0.25, -0.2) is 8.42 Å². The van der Waals surface area contributed by atoms with Crippen LogP contribution in [-0.2, 0) is 9.84 Å². The molecule has 2 heterocycles. The van der Waals surface area contributed by atoms with Crippen molar-refractivity contribution in [3.63, 3.8) is 0 Å². The van der Waals surface area contributed by atoms with Gasteiger partial charge in [-0.15, -0.1) is 12.4 Å². The quantitative estimate of drug-likeness (QED) is 0.629. The van der Waals surface area contributed by atoms with Gasteiger partial charge in [-0.3, -0.25) is 0 Å². The van der Waals surface area contributed by atoms with Crippen LogP contribution in [-0.4, -0.2) is 32.0 Å². The van der Waals surface area contributed by atoms with Crippen molar-refractivity contribution in [3.05, 3.63) is 0 Å². The van der Waals surface area contributed by atoms with E-state index in [1.165, 1.54) is 6.42 Å². The average Bonchev–Trinajstić information content (AvgIpc) is 1.84. The normalized spacial score (nSPS) is 30.3. The van der Waals surface area contributed by atoms with Gasteiger partial charge < -0.3 is 5.32 Å². The Balaban J connectivity index is 0.000000720. The molecule has 2 saturated heterocycles. The van der Waals surface area contributed by atoms with Crippen LogP contribution in [0.4, 0.5) is 0 Å². The van der Waals surface area contributed by atoms with Crippen molar-refractivity contribution >= 4 is 22.2 Å². The Morgan fingerprint density at radius 1 is 1.08 bits per heavy atom. The standard InChI is InChI=1S/C7H13NO2S.ClH/c9-11(10)5-2-7(3-6-11)1-4-8-7;/h8H,1-6H2;1H. The smallest absolute Gasteiger partial charge is 0.150 e. The van der Waals surface area contributed by atoms with E-state index >= 15 is 0 Å². The number of halogens is 1. The van der Waals surface area contributed by atoms with Crippen molar-refractivity contribution in [2.75, 3.05) is 18.1 Å². The lowest BCUT2D eigenvalue weighted by Crippen LogP contribution is -2.60. The number of rotatable bonds is 0. The summed E-state index contributed by atoms with van der Waals surface area (Å²) >= 11 is 0. The first-order valence-corrected chi connectivity index (χ1v) is 5.90. The monoisotopic (exact) mass is 211 g/mol. The minimum Gasteiger partial charge on any atom is -0.311 e. The second-order valence-electron chi connectivity index (χ2n) is 3.61. The van der Waals surface area contributed by atoms with Crippen LogP contribution in [0.1, 0.15) is 19.3 Å². The average molecular weight is 212 g/mol. The molecule has 0 radical (unpaired) electrons. The molecule has 2 rings (SSSR count). The lowest BCUT2D eigenvalue weighted by molar-refractivity contribution is 0.188. The molecule has 72 valence electrons. The zero-order valence-electron chi connectivity index (χ0n) is 6.88. The maximum Gasteiger partial charge on any atom is 0.150 e. The van der Waals surface area contributed by atoms with Gasteiger partial charge in [0.15, 0.2) is 0 Å². The highest BCUT2D eigenvalue weighted by Gasteiger charge is 2.41. The Hall–Kier alpha value is 0.200. The lowest BCUT2D eigenvalue weighted by Gasteiger charge is -2.45. The van der Waals surface area contributed by atoms with Gasteiger partial charge >= 0.3 is 0 Å². The van der Waals surface area contributed by atoms with Gasteiger partial charge in [0.1, 0.15) is 9.84 Å². The summed E-state index contributed by atoms with van der Waals surface area (Å²) in [6.45, 7) is 1.07. The Morgan fingerprint density at radius 2 is 1.58 bits per heavy atom. The molecule has 0 atom stereocenters. The number of hydrogen-bond donors (Lipinski definition) is 1. The molecule has 0 aliphatic carbocycles. The largest absolute Gasteiger partial charge is 0.311 e. The third-order valence-corrected chi connectivity index (χ3v) is 4.54. The van der Waals surface area contributed by atoms with Gasteiger partial charge in [0, 0.05) is 5.54 Å². The van der Waals surface area contributed by atoms with Crippen LogP contribution in [0.3, 0.4) is 0 Å². The fraction of sp³-hybridized carbons (Fsp3) is 1.00. The van der Waals surface area contributed by atoms with Crippen molar-refractivity contribution in [2.24, 2.45) is 0 Å². The third kappa shape index (κ3) is 1.75. The van der Waals surface area contributed by atoms with E-state index in [1.807, 2.05) is 0 Å². The molecule has 5 heteroatoms. The van der Waals surface area contributed by atoms with Crippen molar-refractivity contribution in [1.29, 1.82) is 0 Å². The van der Waals surface area contributed by atoms with E-state index in [0.29, 0.717) is 11.5 Å². The maximum absolute atomic E-state index is 11.1. The number of sulfone groups is 1. The van der Waals surface area contributed by atoms with Crippen molar-refractivity contribution < 1.29 is 8.42 Å². The second kappa shape index (κ2) is 3.16. The molecule has 0 amide bonds. The molecule has 0 unspecified atom stereocenters. The van der Waals surface area contributed by atoms with E-state index < -0.39 is 9.84 Å². The first-order chi connectivity index (χ1) is 5.12. The van der Waals surface area contributed by atoms with Crippen LogP contribution >= 0.6 is 12.4 Å². The van der Waals surface area contributed by atoms with Gasteiger partial charge in [-0.05, 0) is 25.8 Å². The van der Waals surface area contributed by atoms with Gasteiger partial charge in [0.25, 0.3) is 0 Å². The molecule has 0 aromatic carbocycles. The van der Waals surface area contributed by atoms with Gasteiger partial charge in [-0.1, -0.05) is 0 Å². The highest BCUT2D eigenvalue weighted by Crippen LogP contribution is 2.31. The number of nitrogens with one attached hydrogen (secondary N) is 1. The van der Waals surface area contributed by atoms with Gasteiger partial charge in [-0.2, -0.15) is 0 Å². The predicted octanol–water partition coefficient (Wildman–Crippen LogP) is 0.349. The molecular formula is C7H14ClNO2S. The molecule has 2 aliphatic rings. The van der Waals surface area contributed by atoms with Crippen LogP contribution in [0.15, 0.2) is 0 Å². The van der Waals surface area contributed by atoms with Crippen LogP contribution < -0.4 is 5.32 Å². The molecule has 3 nitrogen and oxygen atoms in total. The van der Waals surface area contributed by atoms with E-state index in [4.69, 9.17) is 0 Å². The minimum absolute atomic E-state index is 0. The molecular weight excluding hydrogens is 198 g/mol. The number of hydrogen-bond acceptors (Lipinski definition) is 3. The molecule has 1 spiro atoms. The van der Waals surface area contributed by atoms with E-state index in [-0.39, 0.29) is 17.9 Å².